The second kappa shape index (κ2) is 13.9. The van der Waals surface area contributed by atoms with E-state index in [4.69, 9.17) is 9.47 Å². The van der Waals surface area contributed by atoms with Crippen LogP contribution in [0.15, 0.2) is 41.5 Å². The fraction of sp³-hybridized carbons (Fsp3) is 0.533. The van der Waals surface area contributed by atoms with Crippen molar-refractivity contribution < 1.29 is 28.7 Å². The fourth-order valence-electron chi connectivity index (χ4n) is 4.21. The number of imide groups is 1. The minimum atomic E-state index is -1.06. The predicted octanol–water partition coefficient (Wildman–Crippen LogP) is 4.68. The largest absolute Gasteiger partial charge is 0.490 e. The van der Waals surface area contributed by atoms with E-state index < -0.39 is 35.8 Å². The summed E-state index contributed by atoms with van der Waals surface area (Å²) in [5.74, 6) is -1.33. The zero-order valence-corrected chi connectivity index (χ0v) is 23.9. The molecule has 1 N–H and O–H groups in total. The maximum atomic E-state index is 13.8. The minimum absolute atomic E-state index is 0.0130. The summed E-state index contributed by atoms with van der Waals surface area (Å²) >= 11 is 0. The summed E-state index contributed by atoms with van der Waals surface area (Å²) in [5.41, 5.74) is 2.44. The maximum Gasteiger partial charge on any atom is 0.328 e. The first-order chi connectivity index (χ1) is 17.9. The number of rotatable bonds is 13. The molecule has 1 aliphatic heterocycles. The molecule has 0 spiro atoms. The lowest BCUT2D eigenvalue weighted by Gasteiger charge is -2.28. The molecule has 8 nitrogen and oxygen atoms in total. The smallest absolute Gasteiger partial charge is 0.328 e. The number of carbonyl (C=O) groups is 4. The molecular formula is C30H42N2O6. The quantitative estimate of drug-likeness (QED) is 0.227. The Morgan fingerprint density at radius 2 is 1.61 bits per heavy atom. The first-order valence-electron chi connectivity index (χ1n) is 13.3. The van der Waals surface area contributed by atoms with Crippen LogP contribution in [0.5, 0.6) is 5.75 Å². The minimum Gasteiger partial charge on any atom is -0.490 e. The average Bonchev–Trinajstić information content (AvgIpc) is 3.06. The van der Waals surface area contributed by atoms with E-state index in [-0.39, 0.29) is 24.9 Å². The van der Waals surface area contributed by atoms with Crippen molar-refractivity contribution in [3.05, 3.63) is 47.1 Å². The first kappa shape index (κ1) is 30.8. The topological polar surface area (TPSA) is 102 Å². The molecule has 38 heavy (non-hydrogen) atoms. The molecule has 0 aromatic heterocycles. The molecule has 1 aromatic carbocycles. The van der Waals surface area contributed by atoms with Gasteiger partial charge >= 0.3 is 5.97 Å². The second-order valence-electron chi connectivity index (χ2n) is 10.7. The molecule has 0 aliphatic carbocycles. The van der Waals surface area contributed by atoms with Crippen molar-refractivity contribution in [3.63, 3.8) is 0 Å². The lowest BCUT2D eigenvalue weighted by Crippen LogP contribution is -2.53. The van der Waals surface area contributed by atoms with Crippen molar-refractivity contribution in [2.45, 2.75) is 80.3 Å². The van der Waals surface area contributed by atoms with Gasteiger partial charge in [0.25, 0.3) is 11.8 Å². The van der Waals surface area contributed by atoms with Crippen molar-refractivity contribution >= 4 is 29.3 Å². The molecule has 3 amide bonds. The monoisotopic (exact) mass is 526 g/mol. The molecule has 1 aromatic rings. The van der Waals surface area contributed by atoms with Crippen LogP contribution in [0.25, 0.3) is 5.57 Å². The summed E-state index contributed by atoms with van der Waals surface area (Å²) in [5, 5.41) is 2.63. The Morgan fingerprint density at radius 3 is 2.13 bits per heavy atom. The number of carbonyl (C=O) groups excluding carboxylic acids is 4. The molecule has 0 saturated carbocycles. The molecular weight excluding hydrogens is 484 g/mol. The highest BCUT2D eigenvalue weighted by Crippen LogP contribution is 2.36. The molecule has 1 aliphatic rings. The van der Waals surface area contributed by atoms with E-state index >= 15 is 0 Å². The third kappa shape index (κ3) is 8.04. The van der Waals surface area contributed by atoms with Crippen LogP contribution in [0.3, 0.4) is 0 Å². The van der Waals surface area contributed by atoms with Crippen molar-refractivity contribution in [2.24, 2.45) is 11.8 Å². The van der Waals surface area contributed by atoms with Crippen LogP contribution in [0.2, 0.25) is 0 Å². The molecule has 8 heteroatoms. The number of nitrogens with zero attached hydrogens (tertiary/aromatic N) is 1. The molecule has 2 unspecified atom stereocenters. The number of hydrogen-bond donors (Lipinski definition) is 1. The molecule has 208 valence electrons. The van der Waals surface area contributed by atoms with Gasteiger partial charge in [0.2, 0.25) is 5.91 Å². The predicted molar refractivity (Wildman–Crippen MR) is 147 cm³/mol. The Kier molecular flexibility index (Phi) is 11.3. The first-order valence-corrected chi connectivity index (χ1v) is 13.3. The molecule has 0 fully saturated rings. The number of esters is 1. The van der Waals surface area contributed by atoms with E-state index in [1.165, 1.54) is 6.92 Å². The summed E-state index contributed by atoms with van der Waals surface area (Å²) in [6.45, 7) is 15.6. The fourth-order valence-corrected chi connectivity index (χ4v) is 4.21. The molecule has 0 saturated heterocycles. The van der Waals surface area contributed by atoms with Gasteiger partial charge in [-0.1, -0.05) is 45.4 Å². The van der Waals surface area contributed by atoms with Gasteiger partial charge in [0.15, 0.2) is 0 Å². The van der Waals surface area contributed by atoms with Gasteiger partial charge in [-0.3, -0.25) is 19.3 Å². The van der Waals surface area contributed by atoms with Crippen molar-refractivity contribution in [1.29, 1.82) is 0 Å². The van der Waals surface area contributed by atoms with E-state index in [1.807, 2.05) is 47.6 Å². The third-order valence-corrected chi connectivity index (χ3v) is 6.02. The van der Waals surface area contributed by atoms with E-state index in [1.54, 1.807) is 31.2 Å². The standard InChI is InChI=1S/C30H42N2O6/c1-9-37-30(36)21(8)31-27(33)25(17-20(6)7)32-28(34)24(16-19(4)5)26(29(32)35)22-10-12-23(13-11-22)38-15-14-18(2)3/h10-14,19-21,25H,9,15-17H2,1-8H3,(H,31,33). The number of benzene rings is 1. The Balaban J connectivity index is 2.41. The maximum absolute atomic E-state index is 13.8. The van der Waals surface area contributed by atoms with Crippen LogP contribution >= 0.6 is 0 Å². The van der Waals surface area contributed by atoms with Gasteiger partial charge in [-0.05, 0) is 76.1 Å². The van der Waals surface area contributed by atoms with Crippen LogP contribution < -0.4 is 10.1 Å². The highest BCUT2D eigenvalue weighted by atomic mass is 16.5. The van der Waals surface area contributed by atoms with Gasteiger partial charge in [0.1, 0.15) is 24.4 Å². The number of nitrogens with one attached hydrogen (secondary N) is 1. The number of amides is 3. The van der Waals surface area contributed by atoms with Crippen molar-refractivity contribution in [2.75, 3.05) is 13.2 Å². The Morgan fingerprint density at radius 1 is 0.974 bits per heavy atom. The van der Waals surface area contributed by atoms with Gasteiger partial charge in [0, 0.05) is 5.57 Å². The van der Waals surface area contributed by atoms with Gasteiger partial charge in [-0.15, -0.1) is 0 Å². The molecule has 2 atom stereocenters. The molecule has 1 heterocycles. The zero-order valence-electron chi connectivity index (χ0n) is 23.9. The summed E-state index contributed by atoms with van der Waals surface area (Å²) in [7, 11) is 0. The Bertz CT molecular complexity index is 1080. The van der Waals surface area contributed by atoms with Gasteiger partial charge < -0.3 is 14.8 Å². The van der Waals surface area contributed by atoms with Crippen molar-refractivity contribution in [3.8, 4) is 5.75 Å². The summed E-state index contributed by atoms with van der Waals surface area (Å²) in [6.07, 6.45) is 2.62. The van der Waals surface area contributed by atoms with Crippen LogP contribution in [0, 0.1) is 11.8 Å². The normalized spacial score (nSPS) is 15.2. The average molecular weight is 527 g/mol. The van der Waals surface area contributed by atoms with E-state index in [2.05, 4.69) is 5.32 Å². The van der Waals surface area contributed by atoms with Crippen LogP contribution in [0.1, 0.15) is 73.8 Å². The Hall–Kier alpha value is -3.42. The van der Waals surface area contributed by atoms with E-state index in [9.17, 15) is 19.2 Å². The molecule has 0 bridgehead atoms. The van der Waals surface area contributed by atoms with Gasteiger partial charge in [0.05, 0.1) is 12.2 Å². The van der Waals surface area contributed by atoms with Crippen LogP contribution in [-0.2, 0) is 23.9 Å². The molecule has 0 radical (unpaired) electrons. The van der Waals surface area contributed by atoms with E-state index in [0.29, 0.717) is 35.5 Å². The molecule has 2 rings (SSSR count). The van der Waals surface area contributed by atoms with Gasteiger partial charge in [-0.2, -0.15) is 0 Å². The zero-order chi connectivity index (χ0) is 28.6. The Labute approximate surface area is 226 Å². The van der Waals surface area contributed by atoms with Crippen molar-refractivity contribution in [1.82, 2.24) is 10.2 Å². The van der Waals surface area contributed by atoms with Crippen LogP contribution in [0.4, 0.5) is 0 Å². The highest BCUT2D eigenvalue weighted by molar-refractivity contribution is 6.36. The van der Waals surface area contributed by atoms with Crippen LogP contribution in [-0.4, -0.2) is 53.9 Å². The third-order valence-electron chi connectivity index (χ3n) is 6.02. The number of ether oxygens (including phenoxy) is 2. The summed E-state index contributed by atoms with van der Waals surface area (Å²) in [4.78, 5) is 54.0. The highest BCUT2D eigenvalue weighted by Gasteiger charge is 2.45. The lowest BCUT2D eigenvalue weighted by atomic mass is 9.95. The lowest BCUT2D eigenvalue weighted by molar-refractivity contribution is -0.149. The second-order valence-corrected chi connectivity index (χ2v) is 10.7. The van der Waals surface area contributed by atoms with Gasteiger partial charge in [-0.25, -0.2) is 4.79 Å². The number of hydrogen-bond acceptors (Lipinski definition) is 6. The SMILES string of the molecule is CCOC(=O)C(C)NC(=O)C(CC(C)C)N1C(=O)C(CC(C)C)=C(c2ccc(OCC=C(C)C)cc2)C1=O. The van der Waals surface area contributed by atoms with E-state index in [0.717, 1.165) is 10.5 Å². The summed E-state index contributed by atoms with van der Waals surface area (Å²) < 4.78 is 10.7. The summed E-state index contributed by atoms with van der Waals surface area (Å²) in [6, 6.07) is 5.11. The number of allylic oxidation sites excluding steroid dienone is 1.